The maximum absolute atomic E-state index is 14.8. The number of carbonyl (C=O) groups excluding carboxylic acids is 1. The first kappa shape index (κ1) is 21.8. The van der Waals surface area contributed by atoms with Gasteiger partial charge in [-0.05, 0) is 54.5 Å². The van der Waals surface area contributed by atoms with Gasteiger partial charge < -0.3 is 23.8 Å². The van der Waals surface area contributed by atoms with E-state index in [1.54, 1.807) is 17.0 Å². The smallest absolute Gasteiger partial charge is 0.444 e. The molecular formula is C20H31BFN3O4. The van der Waals surface area contributed by atoms with E-state index in [1.807, 2.05) is 53.4 Å². The third-order valence-electron chi connectivity index (χ3n) is 5.63. The molecule has 3 rings (SSSR count). The van der Waals surface area contributed by atoms with Crippen LogP contribution in [0.4, 0.5) is 15.0 Å². The number of piperazine rings is 1. The van der Waals surface area contributed by atoms with Crippen LogP contribution in [0.2, 0.25) is 0 Å². The molecule has 0 atom stereocenters. The molecule has 0 aromatic carbocycles. The summed E-state index contributed by atoms with van der Waals surface area (Å²) in [6.45, 7) is 15.3. The van der Waals surface area contributed by atoms with Crippen molar-refractivity contribution in [2.75, 3.05) is 31.1 Å². The average Bonchev–Trinajstić information content (AvgIpc) is 2.81. The Morgan fingerprint density at radius 2 is 1.66 bits per heavy atom. The van der Waals surface area contributed by atoms with Crippen LogP contribution in [-0.2, 0) is 14.0 Å². The molecule has 1 aromatic rings. The highest BCUT2D eigenvalue weighted by Crippen LogP contribution is 2.36. The van der Waals surface area contributed by atoms with Crippen molar-refractivity contribution < 1.29 is 23.2 Å². The zero-order valence-corrected chi connectivity index (χ0v) is 18.4. The van der Waals surface area contributed by atoms with Crippen LogP contribution in [0.1, 0.15) is 48.5 Å². The van der Waals surface area contributed by atoms with E-state index in [0.717, 1.165) is 0 Å². The second-order valence-corrected chi connectivity index (χ2v) is 9.59. The molecule has 0 bridgehead atoms. The van der Waals surface area contributed by atoms with E-state index in [0.29, 0.717) is 37.5 Å². The Morgan fingerprint density at radius 3 is 2.14 bits per heavy atom. The summed E-state index contributed by atoms with van der Waals surface area (Å²) >= 11 is 0. The van der Waals surface area contributed by atoms with E-state index in [9.17, 15) is 9.18 Å². The molecule has 0 spiro atoms. The van der Waals surface area contributed by atoms with Gasteiger partial charge in [0.25, 0.3) is 0 Å². The summed E-state index contributed by atoms with van der Waals surface area (Å²) in [5, 5.41) is 0. The van der Waals surface area contributed by atoms with E-state index in [2.05, 4.69) is 4.98 Å². The van der Waals surface area contributed by atoms with Crippen molar-refractivity contribution >= 4 is 24.5 Å². The summed E-state index contributed by atoms with van der Waals surface area (Å²) in [6, 6.07) is 3.44. The third kappa shape index (κ3) is 4.66. The second-order valence-electron chi connectivity index (χ2n) is 9.59. The Labute approximate surface area is 172 Å². The Morgan fingerprint density at radius 1 is 1.10 bits per heavy atom. The van der Waals surface area contributed by atoms with Gasteiger partial charge >= 0.3 is 13.2 Å². The van der Waals surface area contributed by atoms with Crippen LogP contribution in [0.3, 0.4) is 0 Å². The van der Waals surface area contributed by atoms with E-state index in [4.69, 9.17) is 14.0 Å². The number of pyridine rings is 1. The van der Waals surface area contributed by atoms with Gasteiger partial charge in [-0.25, -0.2) is 9.78 Å². The topological polar surface area (TPSA) is 64.1 Å². The van der Waals surface area contributed by atoms with E-state index >= 15 is 0 Å². The highest BCUT2D eigenvalue weighted by Gasteiger charge is 2.52. The summed E-state index contributed by atoms with van der Waals surface area (Å²) in [7, 11) is -0.787. The fourth-order valence-corrected chi connectivity index (χ4v) is 3.20. The van der Waals surface area contributed by atoms with Gasteiger partial charge in [0.1, 0.15) is 11.4 Å². The molecule has 2 aliphatic heterocycles. The van der Waals surface area contributed by atoms with Crippen molar-refractivity contribution in [3.63, 3.8) is 0 Å². The van der Waals surface area contributed by atoms with Crippen LogP contribution in [0.25, 0.3) is 0 Å². The summed E-state index contributed by atoms with van der Waals surface area (Å²) in [5.41, 5.74) is -1.32. The fraction of sp³-hybridized carbons (Fsp3) is 0.700. The van der Waals surface area contributed by atoms with Crippen LogP contribution >= 0.6 is 0 Å². The summed E-state index contributed by atoms with van der Waals surface area (Å²) in [5.74, 6) is -0.0674. The normalized spacial score (nSPS) is 21.4. The van der Waals surface area contributed by atoms with Gasteiger partial charge in [0, 0.05) is 31.6 Å². The van der Waals surface area contributed by atoms with Crippen LogP contribution in [-0.4, -0.2) is 66.1 Å². The Hall–Kier alpha value is -1.87. The molecule has 7 nitrogen and oxygen atoms in total. The van der Waals surface area contributed by atoms with Crippen molar-refractivity contribution in [2.24, 2.45) is 0 Å². The Bertz CT molecular complexity index is 757. The van der Waals surface area contributed by atoms with E-state index in [-0.39, 0.29) is 6.09 Å². The number of hydrogen-bond acceptors (Lipinski definition) is 6. The monoisotopic (exact) mass is 407 g/mol. The number of nitrogens with zero attached hydrogens (tertiary/aromatic N) is 3. The zero-order valence-electron chi connectivity index (χ0n) is 18.4. The van der Waals surface area contributed by atoms with Crippen molar-refractivity contribution in [1.29, 1.82) is 0 Å². The Kier molecular flexibility index (Phi) is 5.60. The summed E-state index contributed by atoms with van der Waals surface area (Å²) in [6.07, 6.45) is -0.326. The molecule has 0 unspecified atom stereocenters. The molecular weight excluding hydrogens is 376 g/mol. The molecule has 1 amide bonds. The maximum Gasteiger partial charge on any atom is 0.499 e. The second kappa shape index (κ2) is 7.43. The summed E-state index contributed by atoms with van der Waals surface area (Å²) < 4.78 is 32.0. The molecule has 2 aliphatic rings. The first-order chi connectivity index (χ1) is 13.3. The van der Waals surface area contributed by atoms with Crippen molar-refractivity contribution in [3.05, 3.63) is 18.1 Å². The largest absolute Gasteiger partial charge is 0.499 e. The number of anilines is 1. The van der Waals surface area contributed by atoms with Gasteiger partial charge in [0.15, 0.2) is 0 Å². The SMILES string of the molecule is CC(C)(C)OC(=O)N1CCN(c2ccc(B3OC(C)(C)C(C)(C)O3)c(F)n2)CC1. The molecule has 9 heteroatoms. The van der Waals surface area contributed by atoms with E-state index in [1.165, 1.54) is 0 Å². The number of rotatable bonds is 2. The Balaban J connectivity index is 1.64. The molecule has 0 N–H and O–H groups in total. The molecule has 29 heavy (non-hydrogen) atoms. The van der Waals surface area contributed by atoms with Gasteiger partial charge in [-0.15, -0.1) is 0 Å². The predicted molar refractivity (Wildman–Crippen MR) is 110 cm³/mol. The first-order valence-electron chi connectivity index (χ1n) is 10.0. The maximum atomic E-state index is 14.8. The van der Waals surface area contributed by atoms with Gasteiger partial charge in [0.05, 0.1) is 11.2 Å². The lowest BCUT2D eigenvalue weighted by atomic mass is 9.80. The quantitative estimate of drug-likeness (QED) is 0.555. The minimum atomic E-state index is -0.787. The number of ether oxygens (including phenoxy) is 1. The lowest BCUT2D eigenvalue weighted by molar-refractivity contribution is 0.00578. The number of aromatic nitrogens is 1. The van der Waals surface area contributed by atoms with Crippen LogP contribution in [0.15, 0.2) is 12.1 Å². The molecule has 3 heterocycles. The van der Waals surface area contributed by atoms with Gasteiger partial charge in [0.2, 0.25) is 5.95 Å². The van der Waals surface area contributed by atoms with Gasteiger partial charge in [-0.3, -0.25) is 0 Å². The third-order valence-corrected chi connectivity index (χ3v) is 5.63. The van der Waals surface area contributed by atoms with Crippen LogP contribution < -0.4 is 10.4 Å². The van der Waals surface area contributed by atoms with Crippen molar-refractivity contribution in [1.82, 2.24) is 9.88 Å². The predicted octanol–water partition coefficient (Wildman–Crippen LogP) is 2.58. The highest BCUT2D eigenvalue weighted by atomic mass is 19.1. The molecule has 0 aliphatic carbocycles. The van der Waals surface area contributed by atoms with Gasteiger partial charge in [-0.1, -0.05) is 6.07 Å². The molecule has 2 fully saturated rings. The number of amides is 1. The molecule has 1 aromatic heterocycles. The van der Waals surface area contributed by atoms with Crippen molar-refractivity contribution in [3.8, 4) is 0 Å². The minimum absolute atomic E-state index is 0.291. The number of carbonyl (C=O) groups is 1. The number of halogens is 1. The highest BCUT2D eigenvalue weighted by molar-refractivity contribution is 6.62. The van der Waals surface area contributed by atoms with Gasteiger partial charge in [-0.2, -0.15) is 4.39 Å². The summed E-state index contributed by atoms with van der Waals surface area (Å²) in [4.78, 5) is 19.9. The lowest BCUT2D eigenvalue weighted by Crippen LogP contribution is -2.50. The first-order valence-corrected chi connectivity index (χ1v) is 10.0. The average molecular weight is 407 g/mol. The molecule has 160 valence electrons. The molecule has 0 saturated carbocycles. The zero-order chi connectivity index (χ0) is 21.6. The minimum Gasteiger partial charge on any atom is -0.444 e. The molecule has 2 saturated heterocycles. The molecule has 0 radical (unpaired) electrons. The lowest BCUT2D eigenvalue weighted by Gasteiger charge is -2.36. The van der Waals surface area contributed by atoms with Crippen LogP contribution in [0, 0.1) is 5.95 Å². The standard InChI is InChI=1S/C20H31BFN3O4/c1-18(2,3)27-17(26)25-12-10-24(11-13-25)15-9-8-14(16(22)23-15)21-28-19(4,5)20(6,7)29-21/h8-9H,10-13H2,1-7H3. The number of hydrogen-bond donors (Lipinski definition) is 0. The van der Waals surface area contributed by atoms with Crippen molar-refractivity contribution in [2.45, 2.75) is 65.3 Å². The van der Waals surface area contributed by atoms with Crippen LogP contribution in [0.5, 0.6) is 0 Å². The van der Waals surface area contributed by atoms with E-state index < -0.39 is 29.9 Å². The fourth-order valence-electron chi connectivity index (χ4n) is 3.20.